The van der Waals surface area contributed by atoms with E-state index in [1.54, 1.807) is 0 Å². The summed E-state index contributed by atoms with van der Waals surface area (Å²) in [5.41, 5.74) is 0.0965. The Labute approximate surface area is 152 Å². The Morgan fingerprint density at radius 1 is 1.41 bits per heavy atom. The standard InChI is InChI=1S/C15H16N4O8/c1-18(7-12(20)17-27-3)15(23)9(6-16)13(21)8-4-10(19(24)25)14(22)11(5-8)26-2/h4-5,21-22H,7H2,1-3H3,(H,17,20)/b13-9-. The lowest BCUT2D eigenvalue weighted by Crippen LogP contribution is -2.38. The summed E-state index contributed by atoms with van der Waals surface area (Å²) >= 11 is 0. The van der Waals surface area contributed by atoms with Crippen molar-refractivity contribution in [2.75, 3.05) is 27.8 Å². The number of aliphatic hydroxyl groups excluding tert-OH is 1. The minimum Gasteiger partial charge on any atom is -0.506 e. The fraction of sp³-hybridized carbons (Fsp3) is 0.267. The van der Waals surface area contributed by atoms with Crippen molar-refractivity contribution in [3.05, 3.63) is 33.4 Å². The van der Waals surface area contributed by atoms with Crippen molar-refractivity contribution in [2.45, 2.75) is 0 Å². The molecule has 0 spiro atoms. The van der Waals surface area contributed by atoms with Gasteiger partial charge in [0.05, 0.1) is 19.1 Å². The first kappa shape index (κ1) is 21.2. The summed E-state index contributed by atoms with van der Waals surface area (Å²) in [5.74, 6) is -3.72. The molecular weight excluding hydrogens is 364 g/mol. The summed E-state index contributed by atoms with van der Waals surface area (Å²) < 4.78 is 4.79. The predicted molar refractivity (Wildman–Crippen MR) is 89.3 cm³/mol. The molecule has 0 bridgehead atoms. The van der Waals surface area contributed by atoms with Crippen LogP contribution in [0.5, 0.6) is 11.5 Å². The second-order valence-corrected chi connectivity index (χ2v) is 5.03. The van der Waals surface area contributed by atoms with Crippen molar-refractivity contribution in [1.82, 2.24) is 10.4 Å². The molecule has 3 N–H and O–H groups in total. The molecule has 0 unspecified atom stereocenters. The van der Waals surface area contributed by atoms with Gasteiger partial charge in [-0.2, -0.15) is 5.26 Å². The third-order valence-corrected chi connectivity index (χ3v) is 3.25. The maximum Gasteiger partial charge on any atom is 0.315 e. The Balaban J connectivity index is 3.38. The molecular formula is C15H16N4O8. The number of nitro benzene ring substituents is 1. The second kappa shape index (κ2) is 9.02. The van der Waals surface area contributed by atoms with Gasteiger partial charge in [-0.3, -0.25) is 24.5 Å². The number of aliphatic hydroxyl groups is 1. The van der Waals surface area contributed by atoms with Crippen LogP contribution in [-0.2, 0) is 14.4 Å². The van der Waals surface area contributed by atoms with Gasteiger partial charge < -0.3 is 19.8 Å². The van der Waals surface area contributed by atoms with Crippen LogP contribution in [0.2, 0.25) is 0 Å². The van der Waals surface area contributed by atoms with Crippen LogP contribution >= 0.6 is 0 Å². The van der Waals surface area contributed by atoms with Crippen molar-refractivity contribution in [1.29, 1.82) is 5.26 Å². The molecule has 12 heteroatoms. The van der Waals surface area contributed by atoms with E-state index in [4.69, 9.17) is 4.74 Å². The van der Waals surface area contributed by atoms with E-state index in [1.165, 1.54) is 20.2 Å². The molecule has 1 aromatic carbocycles. The number of methoxy groups -OCH3 is 1. The monoisotopic (exact) mass is 380 g/mol. The first-order valence-corrected chi connectivity index (χ1v) is 7.14. The van der Waals surface area contributed by atoms with Gasteiger partial charge in [0.2, 0.25) is 5.75 Å². The Morgan fingerprint density at radius 2 is 2.04 bits per heavy atom. The van der Waals surface area contributed by atoms with Gasteiger partial charge in [0.25, 0.3) is 11.8 Å². The highest BCUT2D eigenvalue weighted by Gasteiger charge is 2.26. The van der Waals surface area contributed by atoms with E-state index in [2.05, 4.69) is 4.84 Å². The van der Waals surface area contributed by atoms with Gasteiger partial charge in [-0.25, -0.2) is 5.48 Å². The molecule has 2 amide bonds. The molecule has 27 heavy (non-hydrogen) atoms. The van der Waals surface area contributed by atoms with Crippen LogP contribution in [0.3, 0.4) is 0 Å². The largest absolute Gasteiger partial charge is 0.506 e. The number of nitriles is 1. The Kier molecular flexibility index (Phi) is 7.08. The van der Waals surface area contributed by atoms with Gasteiger partial charge in [-0.1, -0.05) is 0 Å². The number of hydrogen-bond donors (Lipinski definition) is 3. The normalized spacial score (nSPS) is 11.0. The quantitative estimate of drug-likeness (QED) is 0.197. The number of benzene rings is 1. The summed E-state index contributed by atoms with van der Waals surface area (Å²) in [6, 6.07) is 3.28. The van der Waals surface area contributed by atoms with Crippen molar-refractivity contribution in [3.63, 3.8) is 0 Å². The molecule has 12 nitrogen and oxygen atoms in total. The zero-order chi connectivity index (χ0) is 20.7. The number of rotatable bonds is 7. The molecule has 0 aromatic heterocycles. The number of hydrogen-bond acceptors (Lipinski definition) is 9. The first-order valence-electron chi connectivity index (χ1n) is 7.14. The number of likely N-dealkylation sites (N-methyl/N-ethyl adjacent to an activating group) is 1. The molecule has 0 heterocycles. The Morgan fingerprint density at radius 3 is 2.52 bits per heavy atom. The molecule has 1 rings (SSSR count). The minimum absolute atomic E-state index is 0.309. The number of nitrogens with zero attached hydrogens (tertiary/aromatic N) is 3. The summed E-state index contributed by atoms with van der Waals surface area (Å²) in [6.07, 6.45) is 0. The number of aromatic hydroxyl groups is 1. The third-order valence-electron chi connectivity index (χ3n) is 3.25. The third kappa shape index (κ3) is 4.83. The topological polar surface area (TPSA) is 175 Å². The highest BCUT2D eigenvalue weighted by atomic mass is 16.6. The van der Waals surface area contributed by atoms with Crippen LogP contribution in [0, 0.1) is 21.4 Å². The Hall–Kier alpha value is -3.85. The van der Waals surface area contributed by atoms with Crippen LogP contribution in [-0.4, -0.2) is 59.7 Å². The fourth-order valence-electron chi connectivity index (χ4n) is 2.00. The predicted octanol–water partition coefficient (Wildman–Crippen LogP) is 0.238. The maximum atomic E-state index is 12.3. The smallest absolute Gasteiger partial charge is 0.315 e. The zero-order valence-electron chi connectivity index (χ0n) is 14.5. The Bertz CT molecular complexity index is 843. The highest BCUT2D eigenvalue weighted by Crippen LogP contribution is 2.38. The molecule has 0 radical (unpaired) electrons. The molecule has 0 aliphatic rings. The molecule has 0 saturated carbocycles. The molecule has 0 aliphatic carbocycles. The van der Waals surface area contributed by atoms with E-state index in [1.807, 2.05) is 5.48 Å². The van der Waals surface area contributed by atoms with E-state index in [0.717, 1.165) is 24.1 Å². The van der Waals surface area contributed by atoms with Crippen LogP contribution in [0.25, 0.3) is 5.76 Å². The summed E-state index contributed by atoms with van der Waals surface area (Å²) in [6.45, 7) is -0.482. The molecule has 1 aromatic rings. The first-order chi connectivity index (χ1) is 12.7. The fourth-order valence-corrected chi connectivity index (χ4v) is 2.00. The van der Waals surface area contributed by atoms with Gasteiger partial charge >= 0.3 is 5.69 Å². The summed E-state index contributed by atoms with van der Waals surface area (Å²) in [5, 5.41) is 40.3. The van der Waals surface area contributed by atoms with E-state index in [9.17, 15) is 35.2 Å². The molecule has 0 atom stereocenters. The molecule has 0 aliphatic heterocycles. The lowest BCUT2D eigenvalue weighted by molar-refractivity contribution is -0.386. The van der Waals surface area contributed by atoms with Crippen LogP contribution in [0.15, 0.2) is 17.7 Å². The number of nitrogens with one attached hydrogen (secondary N) is 1. The molecule has 0 fully saturated rings. The number of carbonyl (C=O) groups excluding carboxylic acids is 2. The maximum absolute atomic E-state index is 12.3. The van der Waals surface area contributed by atoms with Crippen molar-refractivity contribution in [2.24, 2.45) is 0 Å². The molecule has 144 valence electrons. The second-order valence-electron chi connectivity index (χ2n) is 5.03. The van der Waals surface area contributed by atoms with E-state index in [-0.39, 0.29) is 11.3 Å². The minimum atomic E-state index is -1.02. The number of amides is 2. The van der Waals surface area contributed by atoms with E-state index >= 15 is 0 Å². The van der Waals surface area contributed by atoms with Crippen molar-refractivity contribution in [3.8, 4) is 17.6 Å². The van der Waals surface area contributed by atoms with Gasteiger partial charge in [0.15, 0.2) is 11.3 Å². The lowest BCUT2D eigenvalue weighted by atomic mass is 10.1. The van der Waals surface area contributed by atoms with Crippen LogP contribution in [0.1, 0.15) is 5.56 Å². The average Bonchev–Trinajstić information content (AvgIpc) is 2.61. The lowest BCUT2D eigenvalue weighted by Gasteiger charge is -2.16. The number of ether oxygens (including phenoxy) is 1. The number of nitro groups is 1. The van der Waals surface area contributed by atoms with E-state index in [0.29, 0.717) is 0 Å². The van der Waals surface area contributed by atoms with E-state index < -0.39 is 46.1 Å². The van der Waals surface area contributed by atoms with Gasteiger partial charge in [-0.05, 0) is 6.07 Å². The van der Waals surface area contributed by atoms with Gasteiger partial charge in [-0.15, -0.1) is 0 Å². The average molecular weight is 380 g/mol. The van der Waals surface area contributed by atoms with Gasteiger partial charge in [0, 0.05) is 18.7 Å². The number of phenols is 1. The number of carbonyl (C=O) groups is 2. The van der Waals surface area contributed by atoms with Crippen molar-refractivity contribution >= 4 is 23.3 Å². The van der Waals surface area contributed by atoms with Crippen LogP contribution in [0.4, 0.5) is 5.69 Å². The summed E-state index contributed by atoms with van der Waals surface area (Å²) in [7, 11) is 3.52. The van der Waals surface area contributed by atoms with Crippen LogP contribution < -0.4 is 10.2 Å². The zero-order valence-corrected chi connectivity index (χ0v) is 14.5. The SMILES string of the molecule is CONC(=O)CN(C)C(=O)/C(C#N)=C(\O)c1cc(OC)c(O)c([N+](=O)[O-])c1. The summed E-state index contributed by atoms with van der Waals surface area (Å²) in [4.78, 5) is 39.1. The molecule has 0 saturated heterocycles. The van der Waals surface area contributed by atoms with Gasteiger partial charge in [0.1, 0.15) is 18.4 Å². The number of phenolic OH excluding ortho intramolecular Hbond substituents is 1. The number of hydroxylamine groups is 1. The van der Waals surface area contributed by atoms with Crippen molar-refractivity contribution < 1.29 is 34.3 Å². The highest BCUT2D eigenvalue weighted by molar-refractivity contribution is 6.04.